The number of piperidine rings is 1. The number of para-hydroxylation sites is 1. The van der Waals surface area contributed by atoms with Crippen molar-refractivity contribution >= 4 is 55.4 Å². The van der Waals surface area contributed by atoms with Gasteiger partial charge in [0.2, 0.25) is 5.95 Å². The van der Waals surface area contributed by atoms with Gasteiger partial charge in [0.05, 0.1) is 38.3 Å². The normalized spacial score (nSPS) is 16.1. The third kappa shape index (κ3) is 10.7. The lowest BCUT2D eigenvalue weighted by molar-refractivity contribution is 0.00901. The zero-order valence-corrected chi connectivity index (χ0v) is 37.3. The summed E-state index contributed by atoms with van der Waals surface area (Å²) in [6.45, 7) is 23.3. The molecule has 4 heterocycles. The number of aryl methyl sites for hydroxylation is 1. The van der Waals surface area contributed by atoms with Crippen LogP contribution in [-0.2, 0) is 21.9 Å². The van der Waals surface area contributed by atoms with Crippen molar-refractivity contribution in [2.75, 3.05) is 75.2 Å². The molecule has 6 rings (SSSR count). The molecule has 14 nitrogen and oxygen atoms in total. The van der Waals surface area contributed by atoms with Crippen LogP contribution >= 0.6 is 7.14 Å². The van der Waals surface area contributed by atoms with Gasteiger partial charge in [-0.25, -0.2) is 9.78 Å². The van der Waals surface area contributed by atoms with E-state index in [1.54, 1.807) is 26.6 Å². The Morgan fingerprint density at radius 3 is 2.32 bits per heavy atom. The van der Waals surface area contributed by atoms with Crippen molar-refractivity contribution in [2.45, 2.75) is 84.4 Å². The van der Waals surface area contributed by atoms with E-state index in [1.165, 1.54) is 11.3 Å². The summed E-state index contributed by atoms with van der Waals surface area (Å²) in [4.78, 5) is 29.2. The highest BCUT2D eigenvalue weighted by Crippen LogP contribution is 2.40. The first-order chi connectivity index (χ1) is 26.9. The van der Waals surface area contributed by atoms with E-state index >= 15 is 0 Å². The molecule has 0 atom stereocenters. The highest BCUT2D eigenvalue weighted by atomic mass is 31.2. The Morgan fingerprint density at radius 2 is 1.68 bits per heavy atom. The van der Waals surface area contributed by atoms with Crippen molar-refractivity contribution < 1.29 is 18.8 Å². The van der Waals surface area contributed by atoms with E-state index in [2.05, 4.69) is 69.4 Å². The van der Waals surface area contributed by atoms with Crippen molar-refractivity contribution in [1.82, 2.24) is 34.8 Å². The minimum absolute atomic E-state index is 0.221. The number of piperazine rings is 1. The van der Waals surface area contributed by atoms with Crippen LogP contribution in [0.25, 0.3) is 11.3 Å². The van der Waals surface area contributed by atoms with Gasteiger partial charge in [-0.3, -0.25) is 9.58 Å². The van der Waals surface area contributed by atoms with Gasteiger partial charge in [0, 0.05) is 74.7 Å². The standard InChI is InChI=1S/C41H61N10O4PSi/c1-11-29-24-33(36(54-5)25-35(29)49-18-16-30(17-19-49)48-20-22-50(23-21-48)40(52)55-41(2,3)4)44-39-42-26-31(34-27-51(47-46-34)28-57(8,9)10)38(45-39)43-32-14-12-13-15-37(32)56(6,7)53/h12-15,24-27,30H,11,16-23,28H2,1-10H3,(H2,42,43,44,45). The fraction of sp³-hybridized carbons (Fsp3) is 0.537. The van der Waals surface area contributed by atoms with E-state index in [9.17, 15) is 9.36 Å². The number of ether oxygens (including phenoxy) is 2. The molecule has 0 aliphatic carbocycles. The number of methoxy groups -OCH3 is 1. The quantitative estimate of drug-likeness (QED) is 0.108. The van der Waals surface area contributed by atoms with E-state index in [0.29, 0.717) is 53.6 Å². The number of hydrogen-bond donors (Lipinski definition) is 2. The summed E-state index contributed by atoms with van der Waals surface area (Å²) in [5.41, 5.74) is 4.71. The Hall–Kier alpha value is -4.46. The van der Waals surface area contributed by atoms with Crippen molar-refractivity contribution in [3.63, 3.8) is 0 Å². The monoisotopic (exact) mass is 816 g/mol. The highest BCUT2D eigenvalue weighted by Gasteiger charge is 2.31. The summed E-state index contributed by atoms with van der Waals surface area (Å²) in [5, 5.41) is 16.6. The number of carbonyl (C=O) groups is 1. The lowest BCUT2D eigenvalue weighted by atomic mass is 9.99. The van der Waals surface area contributed by atoms with Crippen LogP contribution in [0.4, 0.5) is 33.6 Å². The lowest BCUT2D eigenvalue weighted by Crippen LogP contribution is -2.55. The minimum Gasteiger partial charge on any atom is -0.494 e. The first kappa shape index (κ1) is 42.2. The zero-order valence-electron chi connectivity index (χ0n) is 35.4. The third-order valence-electron chi connectivity index (χ3n) is 10.3. The maximum atomic E-state index is 13.3. The molecule has 2 N–H and O–H groups in total. The molecule has 2 aromatic heterocycles. The number of nitrogens with zero attached hydrogens (tertiary/aromatic N) is 8. The molecule has 0 bridgehead atoms. The molecule has 4 aromatic rings. The van der Waals surface area contributed by atoms with Crippen molar-refractivity contribution in [3.8, 4) is 17.0 Å². The van der Waals surface area contributed by atoms with Crippen LogP contribution in [0.2, 0.25) is 19.6 Å². The summed E-state index contributed by atoms with van der Waals surface area (Å²) < 4.78 is 26.8. The second kappa shape index (κ2) is 17.2. The molecule has 2 aliphatic heterocycles. The second-order valence-electron chi connectivity index (χ2n) is 17.7. The molecule has 2 fully saturated rings. The second-order valence-corrected chi connectivity index (χ2v) is 26.3. The van der Waals surface area contributed by atoms with Crippen molar-refractivity contribution in [3.05, 3.63) is 54.4 Å². The molecule has 2 aliphatic rings. The molecule has 16 heteroatoms. The molecular formula is C41H61N10O4PSi. The SMILES string of the molecule is CCc1cc(Nc2ncc(-c3cn(C[Si](C)(C)C)nn3)c(Nc3ccccc3P(C)(C)=O)n2)c(OC)cc1N1CCC(N2CCN(C(=O)OC(C)(C)C)CC2)CC1. The Bertz CT molecular complexity index is 2080. The van der Waals surface area contributed by atoms with Gasteiger partial charge in [-0.2, -0.15) is 4.98 Å². The average Bonchev–Trinajstić information content (AvgIpc) is 3.60. The van der Waals surface area contributed by atoms with Gasteiger partial charge in [-0.15, -0.1) is 5.10 Å². The van der Waals surface area contributed by atoms with Crippen LogP contribution in [0.1, 0.15) is 46.1 Å². The fourth-order valence-corrected chi connectivity index (χ4v) is 9.82. The maximum absolute atomic E-state index is 13.3. The minimum atomic E-state index is -2.61. The van der Waals surface area contributed by atoms with Crippen LogP contribution in [0.3, 0.4) is 0 Å². The summed E-state index contributed by atoms with van der Waals surface area (Å²) in [6.07, 6.45) is 7.25. The van der Waals surface area contributed by atoms with Crippen LogP contribution < -0.4 is 25.6 Å². The number of anilines is 5. The molecule has 308 valence electrons. The Kier molecular flexibility index (Phi) is 12.7. The average molecular weight is 817 g/mol. The number of aromatic nitrogens is 5. The molecule has 0 unspecified atom stereocenters. The van der Waals surface area contributed by atoms with E-state index in [-0.39, 0.29) is 6.09 Å². The van der Waals surface area contributed by atoms with Gasteiger partial charge >= 0.3 is 6.09 Å². The first-order valence-corrected chi connectivity index (χ1v) is 26.4. The smallest absolute Gasteiger partial charge is 0.410 e. The summed E-state index contributed by atoms with van der Waals surface area (Å²) in [7, 11) is -2.38. The fourth-order valence-electron chi connectivity index (χ4n) is 7.53. The molecule has 1 amide bonds. The molecule has 0 spiro atoms. The van der Waals surface area contributed by atoms with E-state index in [0.717, 1.165) is 62.6 Å². The largest absolute Gasteiger partial charge is 0.494 e. The number of nitrogens with one attached hydrogen (secondary N) is 2. The third-order valence-corrected chi connectivity index (χ3v) is 13.1. The van der Waals surface area contributed by atoms with Gasteiger partial charge in [-0.1, -0.05) is 43.9 Å². The van der Waals surface area contributed by atoms with Gasteiger partial charge in [0.25, 0.3) is 0 Å². The summed E-state index contributed by atoms with van der Waals surface area (Å²) >= 11 is 0. The van der Waals surface area contributed by atoms with Gasteiger partial charge in [-0.05, 0) is 77.1 Å². The number of rotatable bonds is 12. The van der Waals surface area contributed by atoms with E-state index in [1.807, 2.05) is 60.8 Å². The van der Waals surface area contributed by atoms with Crippen LogP contribution in [0, 0.1) is 0 Å². The number of hydrogen-bond acceptors (Lipinski definition) is 12. The van der Waals surface area contributed by atoms with E-state index in [4.69, 9.17) is 19.4 Å². The number of carbonyl (C=O) groups excluding carboxylic acids is 1. The van der Waals surface area contributed by atoms with Gasteiger partial charge < -0.3 is 34.5 Å². The topological polar surface area (TPSA) is 143 Å². The Morgan fingerprint density at radius 1 is 0.982 bits per heavy atom. The van der Waals surface area contributed by atoms with Crippen molar-refractivity contribution in [1.29, 1.82) is 0 Å². The molecule has 2 saturated heterocycles. The maximum Gasteiger partial charge on any atom is 0.410 e. The molecule has 0 saturated carbocycles. The molecule has 57 heavy (non-hydrogen) atoms. The van der Waals surface area contributed by atoms with Crippen LogP contribution in [0.15, 0.2) is 48.8 Å². The van der Waals surface area contributed by atoms with Crippen LogP contribution in [-0.4, -0.2) is 120 Å². The predicted molar refractivity (Wildman–Crippen MR) is 233 cm³/mol. The van der Waals surface area contributed by atoms with E-state index < -0.39 is 20.8 Å². The zero-order chi connectivity index (χ0) is 41.1. The summed E-state index contributed by atoms with van der Waals surface area (Å²) in [5.74, 6) is 1.60. The van der Waals surface area contributed by atoms with Gasteiger partial charge in [0.15, 0.2) is 0 Å². The molecular weight excluding hydrogens is 756 g/mol. The van der Waals surface area contributed by atoms with Crippen LogP contribution in [0.5, 0.6) is 5.75 Å². The summed E-state index contributed by atoms with van der Waals surface area (Å²) in [6, 6.07) is 12.4. The predicted octanol–water partition coefficient (Wildman–Crippen LogP) is 7.44. The highest BCUT2D eigenvalue weighted by molar-refractivity contribution is 7.70. The first-order valence-electron chi connectivity index (χ1n) is 20.0. The Balaban J connectivity index is 1.20. The molecule has 2 aromatic carbocycles. The number of amides is 1. The lowest BCUT2D eigenvalue weighted by Gasteiger charge is -2.43. The molecule has 0 radical (unpaired) electrons. The van der Waals surface area contributed by atoms with Gasteiger partial charge in [0.1, 0.15) is 30.0 Å². The Labute approximate surface area is 339 Å². The number of benzene rings is 2. The van der Waals surface area contributed by atoms with Crippen molar-refractivity contribution in [2.24, 2.45) is 0 Å².